The van der Waals surface area contributed by atoms with Crippen LogP contribution in [0, 0.1) is 12.3 Å². The molecule has 0 saturated carbocycles. The molecule has 0 atom stereocenters. The number of ether oxygens (including phenoxy) is 2. The summed E-state index contributed by atoms with van der Waals surface area (Å²) in [7, 11) is 0. The number of anilines is 1. The highest BCUT2D eigenvalue weighted by Gasteiger charge is 2.34. The maximum Gasteiger partial charge on any atom is 0.270 e. The van der Waals surface area contributed by atoms with Crippen molar-refractivity contribution in [1.82, 2.24) is 5.32 Å². The zero-order valence-corrected chi connectivity index (χ0v) is 18.4. The Balaban J connectivity index is 1.90. The van der Waals surface area contributed by atoms with Gasteiger partial charge in [0.15, 0.2) is 5.11 Å². The molecule has 0 spiro atoms. The third kappa shape index (κ3) is 4.70. The van der Waals surface area contributed by atoms with Crippen molar-refractivity contribution in [2.45, 2.75) is 6.92 Å². The van der Waals surface area contributed by atoms with Gasteiger partial charge in [0.05, 0.1) is 16.8 Å². The van der Waals surface area contributed by atoms with E-state index in [4.69, 9.17) is 28.1 Å². The van der Waals surface area contributed by atoms with Crippen LogP contribution in [0.3, 0.4) is 0 Å². The lowest BCUT2D eigenvalue weighted by Gasteiger charge is -2.29. The Labute approximate surface area is 188 Å². The summed E-state index contributed by atoms with van der Waals surface area (Å²) in [5.74, 6) is 2.55. The molecule has 0 unspecified atom stereocenters. The first kappa shape index (κ1) is 21.6. The summed E-state index contributed by atoms with van der Waals surface area (Å²) in [6, 6.07) is 12.0. The van der Waals surface area contributed by atoms with Crippen LogP contribution >= 0.6 is 28.1 Å². The summed E-state index contributed by atoms with van der Waals surface area (Å²) in [6.45, 7) is 2.55. The second-order valence-corrected chi connectivity index (χ2v) is 7.31. The first-order valence-electron chi connectivity index (χ1n) is 8.94. The van der Waals surface area contributed by atoms with Gasteiger partial charge in [-0.05, 0) is 83.1 Å². The van der Waals surface area contributed by atoms with Gasteiger partial charge in [-0.25, -0.2) is 0 Å². The molecule has 6 nitrogen and oxygen atoms in total. The largest absolute Gasteiger partial charge is 0.494 e. The Morgan fingerprint density at radius 2 is 1.93 bits per heavy atom. The second-order valence-electron chi connectivity index (χ2n) is 6.07. The number of terminal acetylenes is 1. The van der Waals surface area contributed by atoms with E-state index >= 15 is 0 Å². The highest BCUT2D eigenvalue weighted by Crippen LogP contribution is 2.28. The molecule has 1 fully saturated rings. The first-order chi connectivity index (χ1) is 14.4. The van der Waals surface area contributed by atoms with Gasteiger partial charge in [-0.2, -0.15) is 0 Å². The minimum Gasteiger partial charge on any atom is -0.494 e. The number of amides is 2. The molecule has 0 radical (unpaired) electrons. The monoisotopic (exact) mass is 484 g/mol. The van der Waals surface area contributed by atoms with E-state index in [0.29, 0.717) is 33.8 Å². The Bertz CT molecular complexity index is 1070. The molecule has 2 aromatic rings. The lowest BCUT2D eigenvalue weighted by molar-refractivity contribution is -0.122. The molecule has 30 heavy (non-hydrogen) atoms. The normalized spacial score (nSPS) is 15.0. The Morgan fingerprint density at radius 1 is 1.20 bits per heavy atom. The van der Waals surface area contributed by atoms with Crippen LogP contribution in [-0.2, 0) is 9.59 Å². The van der Waals surface area contributed by atoms with Crippen LogP contribution in [0.25, 0.3) is 6.08 Å². The molecular formula is C22H17BrN2O4S. The number of hydrogen-bond acceptors (Lipinski definition) is 5. The predicted octanol–water partition coefficient (Wildman–Crippen LogP) is 3.69. The van der Waals surface area contributed by atoms with Crippen molar-refractivity contribution in [2.75, 3.05) is 18.1 Å². The average molecular weight is 485 g/mol. The van der Waals surface area contributed by atoms with Crippen molar-refractivity contribution < 1.29 is 19.1 Å². The van der Waals surface area contributed by atoms with E-state index in [0.717, 1.165) is 0 Å². The molecule has 3 rings (SSSR count). The molecule has 0 aromatic heterocycles. The molecule has 1 saturated heterocycles. The van der Waals surface area contributed by atoms with Crippen molar-refractivity contribution in [3.63, 3.8) is 0 Å². The van der Waals surface area contributed by atoms with Crippen molar-refractivity contribution in [2.24, 2.45) is 0 Å². The van der Waals surface area contributed by atoms with Crippen LogP contribution < -0.4 is 19.7 Å². The van der Waals surface area contributed by atoms with Crippen LogP contribution in [0.15, 0.2) is 52.5 Å². The summed E-state index contributed by atoms with van der Waals surface area (Å²) >= 11 is 8.62. The van der Waals surface area contributed by atoms with E-state index in [-0.39, 0.29) is 17.3 Å². The minimum atomic E-state index is -0.559. The van der Waals surface area contributed by atoms with Gasteiger partial charge >= 0.3 is 0 Å². The number of nitrogens with zero attached hydrogens (tertiary/aromatic N) is 1. The maximum absolute atomic E-state index is 13.1. The van der Waals surface area contributed by atoms with E-state index in [9.17, 15) is 9.59 Å². The topological polar surface area (TPSA) is 67.9 Å². The standard InChI is InChI=1S/C22H17BrN2O4S/c1-3-11-29-19-10-5-14(13-18(19)23)12-17-20(26)24-22(30)25(21(17)27)15-6-8-16(9-7-15)28-4-2/h1,5-10,12-13H,4,11H2,2H3,(H,24,26,30). The van der Waals surface area contributed by atoms with Gasteiger partial charge in [0.2, 0.25) is 0 Å². The van der Waals surface area contributed by atoms with Crippen molar-refractivity contribution >= 4 is 56.8 Å². The highest BCUT2D eigenvalue weighted by molar-refractivity contribution is 9.10. The summed E-state index contributed by atoms with van der Waals surface area (Å²) in [5, 5.41) is 2.58. The van der Waals surface area contributed by atoms with Gasteiger partial charge in [0.25, 0.3) is 11.8 Å². The molecule has 2 aromatic carbocycles. The Morgan fingerprint density at radius 3 is 2.57 bits per heavy atom. The Hall–Kier alpha value is -3.15. The summed E-state index contributed by atoms with van der Waals surface area (Å²) in [6.07, 6.45) is 6.70. The van der Waals surface area contributed by atoms with Crippen molar-refractivity contribution in [3.05, 3.63) is 58.1 Å². The second kappa shape index (κ2) is 9.57. The Kier molecular flexibility index (Phi) is 6.87. The van der Waals surface area contributed by atoms with E-state index in [1.165, 1.54) is 11.0 Å². The van der Waals surface area contributed by atoms with E-state index < -0.39 is 11.8 Å². The van der Waals surface area contributed by atoms with Gasteiger partial charge in [0, 0.05) is 0 Å². The number of carbonyl (C=O) groups is 2. The third-order valence-corrected chi connectivity index (χ3v) is 4.99. The smallest absolute Gasteiger partial charge is 0.270 e. The molecule has 152 valence electrons. The SMILES string of the molecule is C#CCOc1ccc(C=C2C(=O)NC(=S)N(c3ccc(OCC)cc3)C2=O)cc1Br. The van der Waals surface area contributed by atoms with Crippen molar-refractivity contribution in [1.29, 1.82) is 0 Å². The summed E-state index contributed by atoms with van der Waals surface area (Å²) < 4.78 is 11.5. The van der Waals surface area contributed by atoms with Gasteiger partial charge < -0.3 is 9.47 Å². The fourth-order valence-electron chi connectivity index (χ4n) is 2.76. The van der Waals surface area contributed by atoms with Crippen LogP contribution in [0.4, 0.5) is 5.69 Å². The molecule has 1 N–H and O–H groups in total. The fourth-order valence-corrected chi connectivity index (χ4v) is 3.55. The molecule has 0 aliphatic carbocycles. The number of thiocarbonyl (C=S) groups is 1. The maximum atomic E-state index is 13.1. The lowest BCUT2D eigenvalue weighted by atomic mass is 10.1. The molecule has 2 amide bonds. The summed E-state index contributed by atoms with van der Waals surface area (Å²) in [4.78, 5) is 26.8. The zero-order valence-electron chi connectivity index (χ0n) is 16.0. The molecule has 0 bridgehead atoms. The third-order valence-electron chi connectivity index (χ3n) is 4.09. The predicted molar refractivity (Wildman–Crippen MR) is 122 cm³/mol. The van der Waals surface area contributed by atoms with Gasteiger partial charge in [0.1, 0.15) is 23.7 Å². The number of rotatable bonds is 6. The minimum absolute atomic E-state index is 0.0190. The number of benzene rings is 2. The van der Waals surface area contributed by atoms with Gasteiger partial charge in [-0.3, -0.25) is 19.8 Å². The molecule has 1 aliphatic heterocycles. The summed E-state index contributed by atoms with van der Waals surface area (Å²) in [5.41, 5.74) is 1.12. The zero-order chi connectivity index (χ0) is 21.7. The number of halogens is 1. The van der Waals surface area contributed by atoms with E-state index in [1.807, 2.05) is 6.92 Å². The van der Waals surface area contributed by atoms with E-state index in [1.54, 1.807) is 42.5 Å². The van der Waals surface area contributed by atoms with Crippen LogP contribution in [-0.4, -0.2) is 30.1 Å². The van der Waals surface area contributed by atoms with Crippen LogP contribution in [0.5, 0.6) is 11.5 Å². The van der Waals surface area contributed by atoms with Gasteiger partial charge in [-0.15, -0.1) is 6.42 Å². The molecule has 1 aliphatic rings. The molecule has 1 heterocycles. The van der Waals surface area contributed by atoms with Gasteiger partial charge in [-0.1, -0.05) is 12.0 Å². The molecular weight excluding hydrogens is 468 g/mol. The quantitative estimate of drug-likeness (QED) is 0.293. The number of carbonyl (C=O) groups excluding carboxylic acids is 2. The number of hydrogen-bond donors (Lipinski definition) is 1. The van der Waals surface area contributed by atoms with Crippen LogP contribution in [0.2, 0.25) is 0 Å². The molecule has 8 heteroatoms. The first-order valence-corrected chi connectivity index (χ1v) is 10.1. The fraction of sp³-hybridized carbons (Fsp3) is 0.136. The van der Waals surface area contributed by atoms with Crippen molar-refractivity contribution in [3.8, 4) is 23.8 Å². The average Bonchev–Trinajstić information content (AvgIpc) is 2.72. The van der Waals surface area contributed by atoms with Crippen LogP contribution in [0.1, 0.15) is 12.5 Å². The van der Waals surface area contributed by atoms with E-state index in [2.05, 4.69) is 27.2 Å². The number of nitrogens with one attached hydrogen (secondary N) is 1. The lowest BCUT2D eigenvalue weighted by Crippen LogP contribution is -2.54. The highest BCUT2D eigenvalue weighted by atomic mass is 79.9.